The van der Waals surface area contributed by atoms with Crippen molar-refractivity contribution < 1.29 is 4.79 Å². The van der Waals surface area contributed by atoms with Crippen LogP contribution in [0.25, 0.3) is 0 Å². The van der Waals surface area contributed by atoms with Gasteiger partial charge in [0.05, 0.1) is 0 Å². The number of nitrogen functional groups attached to an aromatic ring is 1. The molecule has 0 unspecified atom stereocenters. The summed E-state index contributed by atoms with van der Waals surface area (Å²) in [5.41, 5.74) is 6.74. The van der Waals surface area contributed by atoms with Gasteiger partial charge < -0.3 is 11.1 Å². The number of amides is 1. The smallest absolute Gasteiger partial charge is 0.276 e. The standard InChI is InChI=1S/C10H13N5OS/c1-5(2)6-3-8(15-14-6)13-9(16)7-4-17-10(11)12-7/h3-5H,1-2H3,(H2,11,12)(H2,13,14,15,16). The summed E-state index contributed by atoms with van der Waals surface area (Å²) in [5.74, 6) is 0.521. The van der Waals surface area contributed by atoms with E-state index in [4.69, 9.17) is 5.73 Å². The fourth-order valence-electron chi connectivity index (χ4n) is 1.27. The van der Waals surface area contributed by atoms with Crippen molar-refractivity contribution >= 4 is 28.2 Å². The van der Waals surface area contributed by atoms with Gasteiger partial charge in [0.2, 0.25) is 0 Å². The second kappa shape index (κ2) is 4.54. The molecule has 17 heavy (non-hydrogen) atoms. The number of H-pyrrole nitrogens is 1. The molecule has 0 saturated heterocycles. The molecule has 4 N–H and O–H groups in total. The number of rotatable bonds is 3. The molecule has 7 heteroatoms. The van der Waals surface area contributed by atoms with Gasteiger partial charge in [-0.25, -0.2) is 4.98 Å². The molecular weight excluding hydrogens is 238 g/mol. The minimum atomic E-state index is -0.306. The van der Waals surface area contributed by atoms with Crippen molar-refractivity contribution in [1.29, 1.82) is 0 Å². The van der Waals surface area contributed by atoms with E-state index < -0.39 is 0 Å². The second-order valence-corrected chi connectivity index (χ2v) is 4.78. The highest BCUT2D eigenvalue weighted by Gasteiger charge is 2.12. The monoisotopic (exact) mass is 251 g/mol. The first-order valence-electron chi connectivity index (χ1n) is 5.14. The average molecular weight is 251 g/mol. The SMILES string of the molecule is CC(C)c1cc(NC(=O)c2csc(N)n2)n[nH]1. The Hall–Kier alpha value is -1.89. The second-order valence-electron chi connectivity index (χ2n) is 3.89. The Bertz CT molecular complexity index is 530. The van der Waals surface area contributed by atoms with Crippen LogP contribution >= 0.6 is 11.3 Å². The highest BCUT2D eigenvalue weighted by Crippen LogP contribution is 2.16. The van der Waals surface area contributed by atoms with Gasteiger partial charge >= 0.3 is 0 Å². The minimum Gasteiger partial charge on any atom is -0.375 e. The van der Waals surface area contributed by atoms with Gasteiger partial charge in [0.15, 0.2) is 10.9 Å². The summed E-state index contributed by atoms with van der Waals surface area (Å²) in [6.45, 7) is 4.08. The van der Waals surface area contributed by atoms with Crippen LogP contribution in [0.5, 0.6) is 0 Å². The third-order valence-electron chi connectivity index (χ3n) is 2.22. The van der Waals surface area contributed by atoms with Crippen LogP contribution in [0.3, 0.4) is 0 Å². The van der Waals surface area contributed by atoms with Gasteiger partial charge in [-0.1, -0.05) is 13.8 Å². The zero-order valence-corrected chi connectivity index (χ0v) is 10.3. The van der Waals surface area contributed by atoms with Gasteiger partial charge in [-0.05, 0) is 5.92 Å². The zero-order chi connectivity index (χ0) is 12.4. The number of carbonyl (C=O) groups is 1. The van der Waals surface area contributed by atoms with E-state index in [9.17, 15) is 4.79 Å². The summed E-state index contributed by atoms with van der Waals surface area (Å²) in [7, 11) is 0. The number of nitrogens with zero attached hydrogens (tertiary/aromatic N) is 2. The summed E-state index contributed by atoms with van der Waals surface area (Å²) in [5, 5.41) is 11.5. The molecule has 90 valence electrons. The molecule has 0 aliphatic heterocycles. The van der Waals surface area contributed by atoms with Gasteiger partial charge in [0.1, 0.15) is 5.69 Å². The summed E-state index contributed by atoms with van der Waals surface area (Å²) in [6, 6.07) is 1.80. The van der Waals surface area contributed by atoms with Crippen LogP contribution in [0.1, 0.15) is 35.9 Å². The van der Waals surface area contributed by atoms with Crippen LogP contribution in [-0.2, 0) is 0 Å². The number of nitrogens with two attached hydrogens (primary N) is 1. The summed E-state index contributed by atoms with van der Waals surface area (Å²) < 4.78 is 0. The number of anilines is 2. The first-order chi connectivity index (χ1) is 8.06. The number of aromatic nitrogens is 3. The van der Waals surface area contributed by atoms with Crippen molar-refractivity contribution in [3.05, 3.63) is 22.8 Å². The maximum absolute atomic E-state index is 11.7. The van der Waals surface area contributed by atoms with E-state index in [-0.39, 0.29) is 5.91 Å². The molecule has 0 aliphatic rings. The molecule has 2 aromatic rings. The van der Waals surface area contributed by atoms with Crippen LogP contribution in [0.15, 0.2) is 11.4 Å². The maximum atomic E-state index is 11.7. The Morgan fingerprint density at radius 1 is 1.59 bits per heavy atom. The maximum Gasteiger partial charge on any atom is 0.276 e. The molecule has 2 heterocycles. The van der Waals surface area contributed by atoms with Gasteiger partial charge in [0.25, 0.3) is 5.91 Å². The number of carbonyl (C=O) groups excluding carboxylic acids is 1. The Balaban J connectivity index is 2.07. The Kier molecular flexibility index (Phi) is 3.10. The molecule has 0 atom stereocenters. The Labute approximate surface area is 102 Å². The number of thiazole rings is 1. The fourth-order valence-corrected chi connectivity index (χ4v) is 1.81. The molecule has 0 fully saturated rings. The van der Waals surface area contributed by atoms with Crippen molar-refractivity contribution in [3.63, 3.8) is 0 Å². The van der Waals surface area contributed by atoms with E-state index in [0.717, 1.165) is 5.69 Å². The summed E-state index contributed by atoms with van der Waals surface area (Å²) in [4.78, 5) is 15.6. The third-order valence-corrected chi connectivity index (χ3v) is 2.89. The quantitative estimate of drug-likeness (QED) is 0.775. The van der Waals surface area contributed by atoms with Crippen LogP contribution < -0.4 is 11.1 Å². The molecule has 2 aromatic heterocycles. The molecule has 0 saturated carbocycles. The Morgan fingerprint density at radius 2 is 2.35 bits per heavy atom. The van der Waals surface area contributed by atoms with Crippen molar-refractivity contribution in [2.45, 2.75) is 19.8 Å². The molecule has 0 aliphatic carbocycles. The molecule has 0 aromatic carbocycles. The lowest BCUT2D eigenvalue weighted by atomic mass is 10.1. The van der Waals surface area contributed by atoms with E-state index in [0.29, 0.717) is 22.6 Å². The van der Waals surface area contributed by atoms with Crippen LogP contribution in [0.2, 0.25) is 0 Å². The van der Waals surface area contributed by atoms with Crippen LogP contribution in [-0.4, -0.2) is 21.1 Å². The zero-order valence-electron chi connectivity index (χ0n) is 9.52. The minimum absolute atomic E-state index is 0.306. The highest BCUT2D eigenvalue weighted by molar-refractivity contribution is 7.13. The van der Waals surface area contributed by atoms with E-state index in [1.165, 1.54) is 11.3 Å². The predicted molar refractivity (Wildman–Crippen MR) is 67.2 cm³/mol. The van der Waals surface area contributed by atoms with Gasteiger partial charge in [-0.15, -0.1) is 11.3 Å². The topological polar surface area (TPSA) is 96.7 Å². The largest absolute Gasteiger partial charge is 0.375 e. The molecule has 0 bridgehead atoms. The summed E-state index contributed by atoms with van der Waals surface area (Å²) >= 11 is 1.23. The average Bonchev–Trinajstić information content (AvgIpc) is 2.86. The van der Waals surface area contributed by atoms with Crippen molar-refractivity contribution in [2.24, 2.45) is 0 Å². The lowest BCUT2D eigenvalue weighted by Gasteiger charge is -1.98. The van der Waals surface area contributed by atoms with Gasteiger partial charge in [0, 0.05) is 17.1 Å². The van der Waals surface area contributed by atoms with Crippen LogP contribution in [0, 0.1) is 0 Å². The normalized spacial score (nSPS) is 10.8. The first-order valence-corrected chi connectivity index (χ1v) is 6.02. The van der Waals surface area contributed by atoms with Crippen LogP contribution in [0.4, 0.5) is 10.9 Å². The molecular formula is C10H13N5OS. The van der Waals surface area contributed by atoms with Crippen molar-refractivity contribution in [3.8, 4) is 0 Å². The number of hydrogen-bond acceptors (Lipinski definition) is 5. The van der Waals surface area contributed by atoms with Gasteiger partial charge in [-0.3, -0.25) is 9.89 Å². The molecule has 1 amide bonds. The first kappa shape index (κ1) is 11.6. The van der Waals surface area contributed by atoms with E-state index in [1.54, 1.807) is 11.4 Å². The predicted octanol–water partition coefficient (Wildman–Crippen LogP) is 1.82. The van der Waals surface area contributed by atoms with Gasteiger partial charge in [-0.2, -0.15) is 5.10 Å². The molecule has 6 nitrogen and oxygen atoms in total. The van der Waals surface area contributed by atoms with E-state index in [1.807, 2.05) is 13.8 Å². The van der Waals surface area contributed by atoms with E-state index in [2.05, 4.69) is 20.5 Å². The summed E-state index contributed by atoms with van der Waals surface area (Å²) in [6.07, 6.45) is 0. The molecule has 2 rings (SSSR count). The van der Waals surface area contributed by atoms with Crippen molar-refractivity contribution in [1.82, 2.24) is 15.2 Å². The number of nitrogens with one attached hydrogen (secondary N) is 2. The van der Waals surface area contributed by atoms with E-state index >= 15 is 0 Å². The lowest BCUT2D eigenvalue weighted by molar-refractivity contribution is 0.102. The third kappa shape index (κ3) is 2.62. The number of hydrogen-bond donors (Lipinski definition) is 3. The molecule has 0 spiro atoms. The van der Waals surface area contributed by atoms with Crippen molar-refractivity contribution in [2.75, 3.05) is 11.1 Å². The number of aromatic amines is 1. The fraction of sp³-hybridized carbons (Fsp3) is 0.300. The Morgan fingerprint density at radius 3 is 2.88 bits per heavy atom. The lowest BCUT2D eigenvalue weighted by Crippen LogP contribution is -2.12. The highest BCUT2D eigenvalue weighted by atomic mass is 32.1. The molecule has 0 radical (unpaired) electrons.